The Hall–Kier alpha value is -2.01. The molecule has 3 heterocycles. The SMILES string of the molecule is [B]C([B])(O)CC1CCN(c2ccn3c(n2)nc2ccccc23)CC1. The second-order valence-corrected chi connectivity index (χ2v) is 6.68. The van der Waals surface area contributed by atoms with Crippen molar-refractivity contribution >= 4 is 38.3 Å². The lowest BCUT2D eigenvalue weighted by molar-refractivity contribution is 0.167. The average Bonchev–Trinajstić information content (AvgIpc) is 2.91. The molecule has 1 N–H and O–H groups in total. The summed E-state index contributed by atoms with van der Waals surface area (Å²) in [4.78, 5) is 11.6. The maximum atomic E-state index is 9.56. The first-order chi connectivity index (χ1) is 11.5. The molecule has 1 aliphatic rings. The second kappa shape index (κ2) is 5.81. The summed E-state index contributed by atoms with van der Waals surface area (Å²) in [5.74, 6) is 2.00. The molecular formula is C17H18B2N4O. The Morgan fingerprint density at radius 2 is 1.88 bits per heavy atom. The summed E-state index contributed by atoms with van der Waals surface area (Å²) < 4.78 is 2.01. The zero-order chi connectivity index (χ0) is 16.7. The summed E-state index contributed by atoms with van der Waals surface area (Å²) >= 11 is 0. The highest BCUT2D eigenvalue weighted by Gasteiger charge is 2.25. The number of benzene rings is 1. The van der Waals surface area contributed by atoms with Gasteiger partial charge in [0.25, 0.3) is 0 Å². The molecule has 5 nitrogen and oxygen atoms in total. The van der Waals surface area contributed by atoms with E-state index in [4.69, 9.17) is 20.7 Å². The molecule has 118 valence electrons. The molecule has 7 heteroatoms. The fourth-order valence-corrected chi connectivity index (χ4v) is 3.54. The van der Waals surface area contributed by atoms with E-state index in [0.717, 1.165) is 42.8 Å². The zero-order valence-electron chi connectivity index (χ0n) is 13.5. The highest BCUT2D eigenvalue weighted by molar-refractivity contribution is 6.38. The van der Waals surface area contributed by atoms with Crippen LogP contribution in [0.3, 0.4) is 0 Å². The number of rotatable bonds is 3. The quantitative estimate of drug-likeness (QED) is 0.744. The monoisotopic (exact) mass is 316 g/mol. The van der Waals surface area contributed by atoms with E-state index in [2.05, 4.69) is 9.88 Å². The van der Waals surface area contributed by atoms with Crippen LogP contribution in [0.2, 0.25) is 0 Å². The fourth-order valence-electron chi connectivity index (χ4n) is 3.54. The lowest BCUT2D eigenvalue weighted by atomic mass is 9.60. The summed E-state index contributed by atoms with van der Waals surface area (Å²) in [6.07, 6.45) is 4.34. The van der Waals surface area contributed by atoms with Gasteiger partial charge in [-0.25, -0.2) is 4.98 Å². The van der Waals surface area contributed by atoms with Gasteiger partial charge in [0.2, 0.25) is 5.78 Å². The molecule has 0 bridgehead atoms. The third-order valence-corrected chi connectivity index (χ3v) is 4.72. The standard InChI is InChI=1S/C17H18B2N4O/c18-17(19,24)11-12-5-8-22(9-6-12)15-7-10-23-14-4-2-1-3-13(14)20-16(23)21-15/h1-4,7,10,12,24H,5-6,8-9,11H2. The Morgan fingerprint density at radius 1 is 1.12 bits per heavy atom. The number of imidazole rings is 1. The third kappa shape index (κ3) is 3.00. The molecule has 1 fully saturated rings. The Kier molecular flexibility index (Phi) is 3.76. The van der Waals surface area contributed by atoms with E-state index < -0.39 is 5.40 Å². The van der Waals surface area contributed by atoms with Crippen molar-refractivity contribution in [2.45, 2.75) is 24.7 Å². The van der Waals surface area contributed by atoms with Crippen LogP contribution in [0, 0.1) is 5.92 Å². The van der Waals surface area contributed by atoms with E-state index in [9.17, 15) is 5.11 Å². The van der Waals surface area contributed by atoms with Crippen molar-refractivity contribution in [3.05, 3.63) is 36.5 Å². The first kappa shape index (κ1) is 15.5. The first-order valence-corrected chi connectivity index (χ1v) is 8.28. The van der Waals surface area contributed by atoms with Crippen LogP contribution in [-0.2, 0) is 0 Å². The number of fused-ring (bicyclic) bond motifs is 3. The van der Waals surface area contributed by atoms with Crippen LogP contribution in [0.25, 0.3) is 16.8 Å². The smallest absolute Gasteiger partial charge is 0.236 e. The van der Waals surface area contributed by atoms with Gasteiger partial charge < -0.3 is 10.0 Å². The maximum Gasteiger partial charge on any atom is 0.236 e. The van der Waals surface area contributed by atoms with Gasteiger partial charge >= 0.3 is 0 Å². The highest BCUT2D eigenvalue weighted by Crippen LogP contribution is 2.27. The molecule has 1 aromatic carbocycles. The lowest BCUT2D eigenvalue weighted by Gasteiger charge is -2.35. The van der Waals surface area contributed by atoms with Gasteiger partial charge in [-0.15, -0.1) is 0 Å². The maximum absolute atomic E-state index is 9.56. The van der Waals surface area contributed by atoms with E-state index in [-0.39, 0.29) is 0 Å². The molecule has 0 atom stereocenters. The minimum Gasteiger partial charge on any atom is -0.409 e. The number of anilines is 1. The number of nitrogens with zero attached hydrogens (tertiary/aromatic N) is 4. The van der Waals surface area contributed by atoms with Gasteiger partial charge in [0.1, 0.15) is 5.82 Å². The van der Waals surface area contributed by atoms with Crippen LogP contribution in [0.4, 0.5) is 5.82 Å². The lowest BCUT2D eigenvalue weighted by Crippen LogP contribution is -2.39. The fraction of sp³-hybridized carbons (Fsp3) is 0.412. The van der Waals surface area contributed by atoms with Crippen LogP contribution in [0.1, 0.15) is 19.3 Å². The second-order valence-electron chi connectivity index (χ2n) is 6.68. The predicted molar refractivity (Wildman–Crippen MR) is 96.5 cm³/mol. The van der Waals surface area contributed by atoms with Gasteiger partial charge in [0.15, 0.2) is 0 Å². The number of hydrogen-bond donors (Lipinski definition) is 1. The molecule has 4 rings (SSSR count). The molecule has 4 radical (unpaired) electrons. The number of aromatic nitrogens is 3. The van der Waals surface area contributed by atoms with Crippen LogP contribution in [0.15, 0.2) is 36.5 Å². The highest BCUT2D eigenvalue weighted by atomic mass is 16.3. The molecule has 1 saturated heterocycles. The van der Waals surface area contributed by atoms with Crippen LogP contribution in [-0.4, -0.2) is 53.7 Å². The van der Waals surface area contributed by atoms with Crippen molar-refractivity contribution in [2.75, 3.05) is 18.0 Å². The van der Waals surface area contributed by atoms with Crippen molar-refractivity contribution < 1.29 is 5.11 Å². The van der Waals surface area contributed by atoms with E-state index in [0.29, 0.717) is 18.1 Å². The summed E-state index contributed by atoms with van der Waals surface area (Å²) in [5.41, 5.74) is 2.02. The van der Waals surface area contributed by atoms with Crippen molar-refractivity contribution in [3.8, 4) is 0 Å². The Morgan fingerprint density at radius 3 is 2.62 bits per heavy atom. The number of para-hydroxylation sites is 2. The Labute approximate surface area is 143 Å². The number of hydrogen-bond acceptors (Lipinski definition) is 4. The van der Waals surface area contributed by atoms with Gasteiger partial charge in [0, 0.05) is 19.3 Å². The molecule has 24 heavy (non-hydrogen) atoms. The Balaban J connectivity index is 1.54. The van der Waals surface area contributed by atoms with E-state index in [1.54, 1.807) is 0 Å². The molecular weight excluding hydrogens is 298 g/mol. The van der Waals surface area contributed by atoms with Crippen molar-refractivity contribution in [3.63, 3.8) is 0 Å². The molecule has 0 saturated carbocycles. The van der Waals surface area contributed by atoms with Crippen molar-refractivity contribution in [2.24, 2.45) is 5.92 Å². The molecule has 0 spiro atoms. The zero-order valence-corrected chi connectivity index (χ0v) is 13.5. The van der Waals surface area contributed by atoms with E-state index in [1.807, 2.05) is 40.9 Å². The van der Waals surface area contributed by atoms with E-state index >= 15 is 0 Å². The van der Waals surface area contributed by atoms with Crippen LogP contribution < -0.4 is 4.90 Å². The molecule has 0 aliphatic carbocycles. The molecule has 1 aliphatic heterocycles. The van der Waals surface area contributed by atoms with Gasteiger partial charge in [-0.05, 0) is 48.8 Å². The molecule has 3 aromatic rings. The van der Waals surface area contributed by atoms with Gasteiger partial charge in [0.05, 0.1) is 26.7 Å². The van der Waals surface area contributed by atoms with Crippen LogP contribution >= 0.6 is 0 Å². The minimum absolute atomic E-state index is 0.346. The predicted octanol–water partition coefficient (Wildman–Crippen LogP) is 1.47. The normalized spacial score (nSPS) is 17.0. The molecule has 0 amide bonds. The minimum atomic E-state index is -1.57. The summed E-state index contributed by atoms with van der Waals surface area (Å²) in [6, 6.07) is 10.1. The van der Waals surface area contributed by atoms with Gasteiger partial charge in [-0.2, -0.15) is 4.98 Å². The van der Waals surface area contributed by atoms with Crippen molar-refractivity contribution in [1.82, 2.24) is 14.4 Å². The number of aliphatic hydroxyl groups is 1. The summed E-state index contributed by atoms with van der Waals surface area (Å²) in [5, 5.41) is 7.99. The topological polar surface area (TPSA) is 53.7 Å². The summed E-state index contributed by atoms with van der Waals surface area (Å²) in [6.45, 7) is 1.76. The largest absolute Gasteiger partial charge is 0.409 e. The van der Waals surface area contributed by atoms with Crippen molar-refractivity contribution in [1.29, 1.82) is 0 Å². The van der Waals surface area contributed by atoms with Crippen LogP contribution in [0.5, 0.6) is 0 Å². The summed E-state index contributed by atoms with van der Waals surface area (Å²) in [7, 11) is 11.0. The number of piperidine rings is 1. The average molecular weight is 316 g/mol. The van der Waals surface area contributed by atoms with E-state index in [1.165, 1.54) is 0 Å². The molecule has 0 unspecified atom stereocenters. The molecule has 2 aromatic heterocycles. The first-order valence-electron chi connectivity index (χ1n) is 8.28. The Bertz CT molecular complexity index is 866. The third-order valence-electron chi connectivity index (χ3n) is 4.72. The van der Waals surface area contributed by atoms with Gasteiger partial charge in [-0.3, -0.25) is 4.40 Å². The van der Waals surface area contributed by atoms with Gasteiger partial charge in [-0.1, -0.05) is 12.1 Å².